The summed E-state index contributed by atoms with van der Waals surface area (Å²) < 4.78 is 6.13. The van der Waals surface area contributed by atoms with Crippen molar-refractivity contribution in [2.45, 2.75) is 32.9 Å². The molecule has 0 unspecified atom stereocenters. The van der Waals surface area contributed by atoms with E-state index in [4.69, 9.17) is 4.74 Å². The molecular formula is C19H21N5O2. The molecule has 0 spiro atoms. The van der Waals surface area contributed by atoms with E-state index >= 15 is 0 Å². The van der Waals surface area contributed by atoms with Crippen LogP contribution in [0.3, 0.4) is 0 Å². The minimum Gasteiger partial charge on any atom is -0.487 e. The Balaban J connectivity index is 1.70. The van der Waals surface area contributed by atoms with E-state index in [0.717, 1.165) is 24.2 Å². The molecular weight excluding hydrogens is 330 g/mol. The van der Waals surface area contributed by atoms with Crippen LogP contribution in [0.1, 0.15) is 30.2 Å². The van der Waals surface area contributed by atoms with Crippen molar-refractivity contribution < 1.29 is 9.53 Å². The Morgan fingerprint density at radius 3 is 3.08 bits per heavy atom. The summed E-state index contributed by atoms with van der Waals surface area (Å²) in [7, 11) is 0. The Kier molecular flexibility index (Phi) is 5.32. The quantitative estimate of drug-likeness (QED) is 0.885. The van der Waals surface area contributed by atoms with Gasteiger partial charge in [0.15, 0.2) is 0 Å². The molecule has 3 heterocycles. The van der Waals surface area contributed by atoms with Crippen LogP contribution in [0, 0.1) is 18.3 Å². The molecule has 1 atom stereocenters. The van der Waals surface area contributed by atoms with Gasteiger partial charge >= 0.3 is 0 Å². The number of anilines is 1. The van der Waals surface area contributed by atoms with E-state index in [2.05, 4.69) is 26.3 Å². The zero-order chi connectivity index (χ0) is 18.5. The first-order valence-electron chi connectivity index (χ1n) is 8.53. The highest BCUT2D eigenvalue weighted by molar-refractivity contribution is 5.72. The van der Waals surface area contributed by atoms with Gasteiger partial charge in [-0.15, -0.1) is 0 Å². The predicted octanol–water partition coefficient (Wildman–Crippen LogP) is 1.95. The molecule has 1 aliphatic heterocycles. The van der Waals surface area contributed by atoms with Gasteiger partial charge in [-0.1, -0.05) is 0 Å². The average molecular weight is 351 g/mol. The first-order chi connectivity index (χ1) is 12.6. The summed E-state index contributed by atoms with van der Waals surface area (Å²) in [4.78, 5) is 21.9. The highest BCUT2D eigenvalue weighted by Gasteiger charge is 2.27. The van der Waals surface area contributed by atoms with Crippen molar-refractivity contribution in [1.29, 1.82) is 5.26 Å². The molecule has 3 rings (SSSR count). The zero-order valence-electron chi connectivity index (χ0n) is 14.9. The van der Waals surface area contributed by atoms with E-state index in [9.17, 15) is 10.1 Å². The van der Waals surface area contributed by atoms with Gasteiger partial charge in [-0.3, -0.25) is 9.78 Å². The Morgan fingerprint density at radius 1 is 1.46 bits per heavy atom. The van der Waals surface area contributed by atoms with E-state index in [0.29, 0.717) is 30.2 Å². The molecule has 1 saturated heterocycles. The van der Waals surface area contributed by atoms with E-state index in [1.165, 1.54) is 6.92 Å². The number of nitriles is 1. The highest BCUT2D eigenvalue weighted by atomic mass is 16.5. The van der Waals surface area contributed by atoms with Gasteiger partial charge in [-0.05, 0) is 25.1 Å². The Morgan fingerprint density at radius 2 is 2.31 bits per heavy atom. The first kappa shape index (κ1) is 17.7. The lowest BCUT2D eigenvalue weighted by Gasteiger charge is -2.20. The molecule has 1 amide bonds. The van der Waals surface area contributed by atoms with Crippen LogP contribution in [0.5, 0.6) is 5.75 Å². The molecule has 0 bridgehead atoms. The summed E-state index contributed by atoms with van der Waals surface area (Å²) in [6.07, 6.45) is 4.16. The van der Waals surface area contributed by atoms with E-state index in [1.54, 1.807) is 18.5 Å². The van der Waals surface area contributed by atoms with Gasteiger partial charge in [0.2, 0.25) is 5.91 Å². The van der Waals surface area contributed by atoms with Crippen molar-refractivity contribution >= 4 is 11.7 Å². The van der Waals surface area contributed by atoms with Crippen molar-refractivity contribution in [3.63, 3.8) is 0 Å². The number of hydrogen-bond donors (Lipinski definition) is 1. The number of nitrogens with one attached hydrogen (secondary N) is 1. The van der Waals surface area contributed by atoms with Crippen LogP contribution < -0.4 is 15.0 Å². The van der Waals surface area contributed by atoms with Crippen LogP contribution in [0.15, 0.2) is 30.6 Å². The maximum atomic E-state index is 11.2. The number of pyridine rings is 2. The minimum atomic E-state index is -0.0886. The molecule has 134 valence electrons. The molecule has 0 aliphatic carbocycles. The van der Waals surface area contributed by atoms with Crippen LogP contribution in [-0.2, 0) is 11.3 Å². The van der Waals surface area contributed by atoms with Crippen LogP contribution in [0.4, 0.5) is 5.82 Å². The van der Waals surface area contributed by atoms with Crippen molar-refractivity contribution in [3.05, 3.63) is 47.4 Å². The smallest absolute Gasteiger partial charge is 0.217 e. The van der Waals surface area contributed by atoms with Crippen molar-refractivity contribution in [2.24, 2.45) is 0 Å². The summed E-state index contributed by atoms with van der Waals surface area (Å²) >= 11 is 0. The monoisotopic (exact) mass is 351 g/mol. The Bertz CT molecular complexity index is 846. The third kappa shape index (κ3) is 4.09. The fourth-order valence-corrected chi connectivity index (χ4v) is 2.95. The van der Waals surface area contributed by atoms with Crippen molar-refractivity contribution in [1.82, 2.24) is 15.3 Å². The number of aryl methyl sites for hydroxylation is 1. The fourth-order valence-electron chi connectivity index (χ4n) is 2.95. The maximum Gasteiger partial charge on any atom is 0.217 e. The van der Waals surface area contributed by atoms with Gasteiger partial charge in [-0.25, -0.2) is 4.98 Å². The zero-order valence-corrected chi connectivity index (χ0v) is 14.9. The third-order valence-electron chi connectivity index (χ3n) is 4.27. The SMILES string of the molecule is CC(=O)NCc1ccncc1O[C@H]1CCN(c2nc(C)ccc2C#N)C1. The molecule has 1 N–H and O–H groups in total. The number of rotatable bonds is 5. The van der Waals surface area contributed by atoms with Crippen LogP contribution >= 0.6 is 0 Å². The summed E-state index contributed by atoms with van der Waals surface area (Å²) in [6, 6.07) is 7.69. The molecule has 2 aromatic rings. The van der Waals surface area contributed by atoms with E-state index in [-0.39, 0.29) is 12.0 Å². The molecule has 7 nitrogen and oxygen atoms in total. The van der Waals surface area contributed by atoms with Crippen LogP contribution in [0.25, 0.3) is 0 Å². The number of carbonyl (C=O) groups excluding carboxylic acids is 1. The number of nitrogens with zero attached hydrogens (tertiary/aromatic N) is 4. The molecule has 1 fully saturated rings. The molecule has 0 radical (unpaired) electrons. The van der Waals surface area contributed by atoms with Crippen LogP contribution in [-0.4, -0.2) is 35.1 Å². The van der Waals surface area contributed by atoms with Crippen molar-refractivity contribution in [2.75, 3.05) is 18.0 Å². The molecule has 2 aromatic heterocycles. The van der Waals surface area contributed by atoms with Crippen LogP contribution in [0.2, 0.25) is 0 Å². The second-order valence-electron chi connectivity index (χ2n) is 6.30. The molecule has 0 aromatic carbocycles. The number of ether oxygens (including phenoxy) is 1. The lowest BCUT2D eigenvalue weighted by Crippen LogP contribution is -2.27. The summed E-state index contributed by atoms with van der Waals surface area (Å²) in [5, 5.41) is 12.1. The number of aromatic nitrogens is 2. The number of hydrogen-bond acceptors (Lipinski definition) is 6. The van der Waals surface area contributed by atoms with E-state index < -0.39 is 0 Å². The normalized spacial score (nSPS) is 16.2. The second kappa shape index (κ2) is 7.83. The van der Waals surface area contributed by atoms with Gasteiger partial charge in [0.05, 0.1) is 18.3 Å². The van der Waals surface area contributed by atoms with Gasteiger partial charge in [0, 0.05) is 43.9 Å². The van der Waals surface area contributed by atoms with Gasteiger partial charge in [0.25, 0.3) is 0 Å². The predicted molar refractivity (Wildman–Crippen MR) is 96.7 cm³/mol. The third-order valence-corrected chi connectivity index (χ3v) is 4.27. The molecule has 1 aliphatic rings. The summed E-state index contributed by atoms with van der Waals surface area (Å²) in [6.45, 7) is 5.23. The number of carbonyl (C=O) groups is 1. The lowest BCUT2D eigenvalue weighted by molar-refractivity contribution is -0.119. The highest BCUT2D eigenvalue weighted by Crippen LogP contribution is 2.26. The topological polar surface area (TPSA) is 91.1 Å². The largest absolute Gasteiger partial charge is 0.487 e. The Labute approximate surface area is 152 Å². The number of amides is 1. The molecule has 7 heteroatoms. The standard InChI is InChI=1S/C19H21N5O2/c1-13-3-4-15(9-20)19(23-13)24-8-6-17(12-24)26-18-11-21-7-5-16(18)10-22-14(2)25/h3-5,7,11,17H,6,8,10,12H2,1-2H3,(H,22,25)/t17-/m0/s1. The maximum absolute atomic E-state index is 11.2. The second-order valence-corrected chi connectivity index (χ2v) is 6.30. The van der Waals surface area contributed by atoms with E-state index in [1.807, 2.05) is 19.1 Å². The Hall–Kier alpha value is -3.14. The molecule has 26 heavy (non-hydrogen) atoms. The van der Waals surface area contributed by atoms with Gasteiger partial charge < -0.3 is 15.0 Å². The summed E-state index contributed by atoms with van der Waals surface area (Å²) in [5.74, 6) is 1.29. The van der Waals surface area contributed by atoms with Gasteiger partial charge in [-0.2, -0.15) is 5.26 Å². The summed E-state index contributed by atoms with van der Waals surface area (Å²) in [5.41, 5.74) is 2.34. The lowest BCUT2D eigenvalue weighted by atomic mass is 10.2. The van der Waals surface area contributed by atoms with Crippen molar-refractivity contribution in [3.8, 4) is 11.8 Å². The molecule has 0 saturated carbocycles. The fraction of sp³-hybridized carbons (Fsp3) is 0.368. The first-order valence-corrected chi connectivity index (χ1v) is 8.53. The van der Waals surface area contributed by atoms with Gasteiger partial charge in [0.1, 0.15) is 23.7 Å². The average Bonchev–Trinajstić information content (AvgIpc) is 3.09. The minimum absolute atomic E-state index is 0.0240.